The molecule has 27 heavy (non-hydrogen) atoms. The van der Waals surface area contributed by atoms with E-state index in [1.165, 1.54) is 25.3 Å². The molecule has 7 heteroatoms. The number of methoxy groups -OCH3 is 1. The van der Waals surface area contributed by atoms with Gasteiger partial charge in [-0.3, -0.25) is 14.9 Å². The first-order valence-electron chi connectivity index (χ1n) is 8.33. The van der Waals surface area contributed by atoms with E-state index in [-0.39, 0.29) is 28.7 Å². The second-order valence-electron chi connectivity index (χ2n) is 5.80. The third kappa shape index (κ3) is 4.33. The van der Waals surface area contributed by atoms with Crippen molar-refractivity contribution < 1.29 is 18.9 Å². The molecule has 0 saturated heterocycles. The number of hydrogen-bond acceptors (Lipinski definition) is 5. The molecule has 1 N–H and O–H groups in total. The molecule has 0 atom stereocenters. The summed E-state index contributed by atoms with van der Waals surface area (Å²) >= 11 is 0. The Morgan fingerprint density at radius 3 is 2.63 bits per heavy atom. The van der Waals surface area contributed by atoms with Gasteiger partial charge in [-0.15, -0.1) is 0 Å². The first kappa shape index (κ1) is 18.2. The maximum absolute atomic E-state index is 12.2. The highest BCUT2D eigenvalue weighted by atomic mass is 16.6. The number of hydrogen-bond donors (Lipinski definition) is 1. The van der Waals surface area contributed by atoms with Gasteiger partial charge in [-0.1, -0.05) is 30.3 Å². The highest BCUT2D eigenvalue weighted by Gasteiger charge is 2.20. The number of nitrogens with zero attached hydrogens (tertiary/aromatic N) is 1. The quantitative estimate of drug-likeness (QED) is 0.506. The van der Waals surface area contributed by atoms with Gasteiger partial charge in [0, 0.05) is 6.54 Å². The Hall–Kier alpha value is -3.61. The van der Waals surface area contributed by atoms with Gasteiger partial charge < -0.3 is 14.5 Å². The summed E-state index contributed by atoms with van der Waals surface area (Å²) in [5.41, 5.74) is 1.25. The number of ether oxygens (including phenoxy) is 1. The molecule has 3 aromatic rings. The summed E-state index contributed by atoms with van der Waals surface area (Å²) in [5, 5.41) is 14.1. The van der Waals surface area contributed by atoms with Gasteiger partial charge in [0.2, 0.25) is 0 Å². The lowest BCUT2D eigenvalue weighted by Gasteiger charge is -2.04. The van der Waals surface area contributed by atoms with Crippen LogP contribution in [0.3, 0.4) is 0 Å². The molecule has 1 heterocycles. The normalized spacial score (nSPS) is 10.4. The number of furan rings is 1. The van der Waals surface area contributed by atoms with Crippen LogP contribution in [0.2, 0.25) is 0 Å². The number of nitrogens with one attached hydrogen (secondary N) is 1. The Morgan fingerprint density at radius 1 is 1.15 bits per heavy atom. The zero-order valence-electron chi connectivity index (χ0n) is 14.7. The third-order valence-electron chi connectivity index (χ3n) is 4.04. The number of carbonyl (C=O) groups excluding carboxylic acids is 1. The van der Waals surface area contributed by atoms with E-state index in [0.717, 1.165) is 5.56 Å². The Labute approximate surface area is 155 Å². The smallest absolute Gasteiger partial charge is 0.287 e. The van der Waals surface area contributed by atoms with E-state index >= 15 is 0 Å². The SMILES string of the molecule is COc1ccc(-c2ccc(C(=O)NCCc3ccccc3)o2)c([N+](=O)[O-])c1. The Bertz CT molecular complexity index is 950. The molecule has 0 spiro atoms. The molecule has 0 bridgehead atoms. The van der Waals surface area contributed by atoms with E-state index in [1.54, 1.807) is 12.1 Å². The molecule has 0 unspecified atom stereocenters. The summed E-state index contributed by atoms with van der Waals surface area (Å²) in [7, 11) is 1.43. The number of nitro groups is 1. The first-order chi connectivity index (χ1) is 13.1. The molecule has 0 aliphatic carbocycles. The summed E-state index contributed by atoms with van der Waals surface area (Å²) < 4.78 is 10.6. The van der Waals surface area contributed by atoms with E-state index in [2.05, 4.69) is 5.32 Å². The molecule has 2 aromatic carbocycles. The van der Waals surface area contributed by atoms with Crippen molar-refractivity contribution in [2.24, 2.45) is 0 Å². The van der Waals surface area contributed by atoms with E-state index in [1.807, 2.05) is 30.3 Å². The van der Waals surface area contributed by atoms with Crippen LogP contribution in [0.25, 0.3) is 11.3 Å². The van der Waals surface area contributed by atoms with E-state index in [4.69, 9.17) is 9.15 Å². The minimum Gasteiger partial charge on any atom is -0.497 e. The van der Waals surface area contributed by atoms with Crippen molar-refractivity contribution in [3.8, 4) is 17.1 Å². The van der Waals surface area contributed by atoms with Crippen LogP contribution in [0.15, 0.2) is 65.1 Å². The van der Waals surface area contributed by atoms with E-state index < -0.39 is 4.92 Å². The van der Waals surface area contributed by atoms with Gasteiger partial charge in [0.15, 0.2) is 5.76 Å². The van der Waals surface area contributed by atoms with Gasteiger partial charge in [0.1, 0.15) is 11.5 Å². The fraction of sp³-hybridized carbons (Fsp3) is 0.150. The van der Waals surface area contributed by atoms with E-state index in [9.17, 15) is 14.9 Å². The van der Waals surface area contributed by atoms with Crippen molar-refractivity contribution in [1.82, 2.24) is 5.32 Å². The van der Waals surface area contributed by atoms with Gasteiger partial charge in [0.05, 0.1) is 23.7 Å². The van der Waals surface area contributed by atoms with Crippen molar-refractivity contribution in [3.05, 3.63) is 82.1 Å². The minimum atomic E-state index is -0.514. The van der Waals surface area contributed by atoms with Crippen molar-refractivity contribution in [2.75, 3.05) is 13.7 Å². The molecule has 138 valence electrons. The molecule has 1 aromatic heterocycles. The molecule has 1 amide bonds. The molecule has 3 rings (SSSR count). The van der Waals surface area contributed by atoms with Gasteiger partial charge >= 0.3 is 0 Å². The lowest BCUT2D eigenvalue weighted by atomic mass is 10.1. The number of rotatable bonds is 7. The van der Waals surface area contributed by atoms with Crippen LogP contribution in [0, 0.1) is 10.1 Å². The average molecular weight is 366 g/mol. The number of benzene rings is 2. The Balaban J connectivity index is 1.71. The maximum atomic E-state index is 12.2. The summed E-state index contributed by atoms with van der Waals surface area (Å²) in [6, 6.07) is 17.3. The lowest BCUT2D eigenvalue weighted by Crippen LogP contribution is -2.25. The molecular weight excluding hydrogens is 348 g/mol. The lowest BCUT2D eigenvalue weighted by molar-refractivity contribution is -0.384. The van der Waals surface area contributed by atoms with Gasteiger partial charge in [-0.25, -0.2) is 0 Å². The summed E-state index contributed by atoms with van der Waals surface area (Å²) in [4.78, 5) is 23.0. The zero-order chi connectivity index (χ0) is 19.2. The van der Waals surface area contributed by atoms with Gasteiger partial charge in [0.25, 0.3) is 11.6 Å². The zero-order valence-corrected chi connectivity index (χ0v) is 14.7. The second kappa shape index (κ2) is 8.18. The molecular formula is C20H18N2O5. The predicted octanol–water partition coefficient (Wildman–Crippen LogP) is 3.84. The van der Waals surface area contributed by atoms with Gasteiger partial charge in [-0.2, -0.15) is 0 Å². The third-order valence-corrected chi connectivity index (χ3v) is 4.04. The van der Waals surface area contributed by atoms with Crippen molar-refractivity contribution in [3.63, 3.8) is 0 Å². The molecule has 0 fully saturated rings. The number of amides is 1. The largest absolute Gasteiger partial charge is 0.497 e. The monoisotopic (exact) mass is 366 g/mol. The Morgan fingerprint density at radius 2 is 1.93 bits per heavy atom. The van der Waals surface area contributed by atoms with Crippen LogP contribution in [0.1, 0.15) is 16.1 Å². The van der Waals surface area contributed by atoms with Gasteiger partial charge in [-0.05, 0) is 36.2 Å². The summed E-state index contributed by atoms with van der Waals surface area (Å²) in [5.74, 6) is 0.352. The van der Waals surface area contributed by atoms with Crippen LogP contribution in [-0.4, -0.2) is 24.5 Å². The topological polar surface area (TPSA) is 94.6 Å². The fourth-order valence-corrected chi connectivity index (χ4v) is 2.65. The molecule has 7 nitrogen and oxygen atoms in total. The maximum Gasteiger partial charge on any atom is 0.287 e. The van der Waals surface area contributed by atoms with Crippen LogP contribution < -0.4 is 10.1 Å². The minimum absolute atomic E-state index is 0.100. The molecule has 0 radical (unpaired) electrons. The average Bonchev–Trinajstić information content (AvgIpc) is 3.18. The van der Waals surface area contributed by atoms with Crippen molar-refractivity contribution in [1.29, 1.82) is 0 Å². The van der Waals surface area contributed by atoms with E-state index in [0.29, 0.717) is 18.7 Å². The standard InChI is InChI=1S/C20H18N2O5/c1-26-15-7-8-16(17(13-15)22(24)25)18-9-10-19(27-18)20(23)21-12-11-14-5-3-2-4-6-14/h2-10,13H,11-12H2,1H3,(H,21,23). The second-order valence-corrected chi connectivity index (χ2v) is 5.80. The molecule has 0 saturated carbocycles. The highest BCUT2D eigenvalue weighted by molar-refractivity contribution is 5.92. The van der Waals surface area contributed by atoms with Crippen LogP contribution in [-0.2, 0) is 6.42 Å². The molecule has 0 aliphatic heterocycles. The first-order valence-corrected chi connectivity index (χ1v) is 8.33. The number of carbonyl (C=O) groups is 1. The summed E-state index contributed by atoms with van der Waals surface area (Å²) in [6.07, 6.45) is 0.699. The van der Waals surface area contributed by atoms with Crippen LogP contribution in [0.4, 0.5) is 5.69 Å². The van der Waals surface area contributed by atoms with Crippen LogP contribution in [0.5, 0.6) is 5.75 Å². The fourth-order valence-electron chi connectivity index (χ4n) is 2.65. The van der Waals surface area contributed by atoms with Crippen LogP contribution >= 0.6 is 0 Å². The Kier molecular flexibility index (Phi) is 5.51. The molecule has 0 aliphatic rings. The highest BCUT2D eigenvalue weighted by Crippen LogP contribution is 2.34. The number of nitro benzene ring substituents is 1. The predicted molar refractivity (Wildman–Crippen MR) is 99.8 cm³/mol. The summed E-state index contributed by atoms with van der Waals surface area (Å²) in [6.45, 7) is 0.460. The van der Waals surface area contributed by atoms with Crippen molar-refractivity contribution >= 4 is 11.6 Å². The van der Waals surface area contributed by atoms with Crippen molar-refractivity contribution in [2.45, 2.75) is 6.42 Å².